The van der Waals surface area contributed by atoms with Crippen molar-refractivity contribution in [3.05, 3.63) is 47.8 Å². The number of likely N-dealkylation sites (tertiary alicyclic amines) is 1. The number of anilines is 1. The average molecular weight is 508 g/mol. The lowest BCUT2D eigenvalue weighted by Gasteiger charge is -2.32. The Morgan fingerprint density at radius 2 is 2.00 bits per heavy atom. The Balaban J connectivity index is 1.63. The van der Waals surface area contributed by atoms with E-state index in [2.05, 4.69) is 26.8 Å². The Bertz CT molecular complexity index is 1350. The minimum atomic E-state index is -1.65. The van der Waals surface area contributed by atoms with Gasteiger partial charge in [-0.25, -0.2) is 8.91 Å². The number of pyridine rings is 1. The van der Waals surface area contributed by atoms with Crippen molar-refractivity contribution < 1.29 is 19.1 Å². The highest BCUT2D eigenvalue weighted by Crippen LogP contribution is 2.27. The van der Waals surface area contributed by atoms with Crippen LogP contribution in [0, 0.1) is 11.3 Å². The number of nitriles is 1. The van der Waals surface area contributed by atoms with E-state index in [9.17, 15) is 19.1 Å². The molecule has 4 rings (SSSR count). The van der Waals surface area contributed by atoms with E-state index in [4.69, 9.17) is 5.26 Å². The third kappa shape index (κ3) is 5.86. The van der Waals surface area contributed by atoms with E-state index in [1.807, 2.05) is 12.1 Å². The van der Waals surface area contributed by atoms with Gasteiger partial charge < -0.3 is 20.6 Å². The van der Waals surface area contributed by atoms with Crippen molar-refractivity contribution in [2.45, 2.75) is 51.4 Å². The van der Waals surface area contributed by atoms with Crippen molar-refractivity contribution in [2.24, 2.45) is 0 Å². The molecule has 0 aromatic carbocycles. The number of hydrogen-bond donors (Lipinski definition) is 3. The predicted octanol–water partition coefficient (Wildman–Crippen LogP) is 2.53. The molecule has 37 heavy (non-hydrogen) atoms. The fraction of sp³-hybridized carbons (Fsp3) is 0.423. The van der Waals surface area contributed by atoms with Gasteiger partial charge in [-0.2, -0.15) is 10.4 Å². The van der Waals surface area contributed by atoms with Crippen molar-refractivity contribution in [1.82, 2.24) is 24.8 Å². The summed E-state index contributed by atoms with van der Waals surface area (Å²) in [6.07, 6.45) is 2.66. The van der Waals surface area contributed by atoms with E-state index in [0.717, 1.165) is 5.52 Å². The number of alkyl halides is 1. The van der Waals surface area contributed by atoms with Gasteiger partial charge in [-0.05, 0) is 51.0 Å². The summed E-state index contributed by atoms with van der Waals surface area (Å²) in [7, 11) is 0. The fourth-order valence-electron chi connectivity index (χ4n) is 4.24. The molecule has 3 aromatic rings. The van der Waals surface area contributed by atoms with Crippen LogP contribution in [0.15, 0.2) is 36.7 Å². The lowest BCUT2D eigenvalue weighted by Crippen LogP contribution is -2.43. The molecule has 1 aliphatic heterocycles. The molecule has 2 amide bonds. The quantitative estimate of drug-likeness (QED) is 0.447. The highest BCUT2D eigenvalue weighted by molar-refractivity contribution is 6.00. The third-order valence-corrected chi connectivity index (χ3v) is 6.55. The van der Waals surface area contributed by atoms with Crippen LogP contribution in [0.4, 0.5) is 10.1 Å². The summed E-state index contributed by atoms with van der Waals surface area (Å²) in [6, 6.07) is 9.21. The van der Waals surface area contributed by atoms with E-state index in [0.29, 0.717) is 48.6 Å². The van der Waals surface area contributed by atoms with Gasteiger partial charge >= 0.3 is 0 Å². The van der Waals surface area contributed by atoms with Crippen molar-refractivity contribution in [3.63, 3.8) is 0 Å². The van der Waals surface area contributed by atoms with Crippen LogP contribution in [-0.2, 0) is 4.79 Å². The second kappa shape index (κ2) is 10.5. The molecule has 1 aliphatic rings. The minimum absolute atomic E-state index is 0.0167. The number of nitrogens with one attached hydrogen (secondary N) is 2. The zero-order valence-corrected chi connectivity index (χ0v) is 21.0. The normalized spacial score (nSPS) is 15.3. The molecule has 0 radical (unpaired) electrons. The van der Waals surface area contributed by atoms with E-state index in [1.54, 1.807) is 28.5 Å². The second-order valence-electron chi connectivity index (χ2n) is 9.78. The molecule has 4 heterocycles. The van der Waals surface area contributed by atoms with Crippen LogP contribution < -0.4 is 10.6 Å². The topological polar surface area (TPSA) is 136 Å². The summed E-state index contributed by atoms with van der Waals surface area (Å²) in [5.74, 6) is -0.490. The van der Waals surface area contributed by atoms with Gasteiger partial charge in [0.05, 0.1) is 52.1 Å². The van der Waals surface area contributed by atoms with Crippen LogP contribution in [0.2, 0.25) is 0 Å². The number of carbonyl (C=O) groups excluding carboxylic acids is 2. The molecular formula is C26H30FN7O3. The highest BCUT2D eigenvalue weighted by atomic mass is 19.1. The van der Waals surface area contributed by atoms with E-state index in [-0.39, 0.29) is 24.1 Å². The summed E-state index contributed by atoms with van der Waals surface area (Å²) >= 11 is 0. The van der Waals surface area contributed by atoms with Gasteiger partial charge in [-0.1, -0.05) is 0 Å². The number of halogens is 1. The second-order valence-corrected chi connectivity index (χ2v) is 9.78. The number of piperidine rings is 1. The van der Waals surface area contributed by atoms with Crippen LogP contribution >= 0.6 is 0 Å². The zero-order chi connectivity index (χ0) is 26.7. The van der Waals surface area contributed by atoms with Crippen LogP contribution in [-0.4, -0.2) is 73.9 Å². The summed E-state index contributed by atoms with van der Waals surface area (Å²) in [4.78, 5) is 31.0. The average Bonchev–Trinajstić information content (AvgIpc) is 3.30. The number of nitrogens with zero attached hydrogens (tertiary/aromatic N) is 5. The van der Waals surface area contributed by atoms with Gasteiger partial charge in [-0.3, -0.25) is 14.6 Å². The molecule has 10 nitrogen and oxygen atoms in total. The van der Waals surface area contributed by atoms with Gasteiger partial charge in [0.1, 0.15) is 12.2 Å². The van der Waals surface area contributed by atoms with Crippen LogP contribution in [0.5, 0.6) is 0 Å². The van der Waals surface area contributed by atoms with Crippen LogP contribution in [0.1, 0.15) is 49.5 Å². The van der Waals surface area contributed by atoms with E-state index in [1.165, 1.54) is 26.2 Å². The number of aliphatic hydroxyl groups is 1. The van der Waals surface area contributed by atoms with Crippen molar-refractivity contribution in [2.75, 3.05) is 25.0 Å². The van der Waals surface area contributed by atoms with Crippen LogP contribution in [0.3, 0.4) is 0 Å². The summed E-state index contributed by atoms with van der Waals surface area (Å²) in [5, 5.41) is 29.3. The molecule has 0 aliphatic carbocycles. The molecule has 0 spiro atoms. The Kier molecular flexibility index (Phi) is 7.40. The van der Waals surface area contributed by atoms with Crippen molar-refractivity contribution in [1.29, 1.82) is 5.26 Å². The first-order chi connectivity index (χ1) is 17.6. The molecule has 3 N–H and O–H groups in total. The number of aromatic nitrogens is 3. The third-order valence-electron chi connectivity index (χ3n) is 6.55. The smallest absolute Gasteiger partial charge is 0.255 e. The van der Waals surface area contributed by atoms with Crippen molar-refractivity contribution in [3.8, 4) is 17.5 Å². The summed E-state index contributed by atoms with van der Waals surface area (Å²) in [6.45, 7) is 5.10. The fourth-order valence-corrected chi connectivity index (χ4v) is 4.24. The number of fused-ring (bicyclic) bond motifs is 1. The largest absolute Gasteiger partial charge is 0.387 e. The molecule has 3 aromatic heterocycles. The zero-order valence-electron chi connectivity index (χ0n) is 21.0. The molecule has 1 fully saturated rings. The van der Waals surface area contributed by atoms with E-state index >= 15 is 0 Å². The molecule has 1 saturated heterocycles. The molecule has 0 unspecified atom stereocenters. The molecule has 0 saturated carbocycles. The molecule has 1 atom stereocenters. The minimum Gasteiger partial charge on any atom is -0.387 e. The first-order valence-electron chi connectivity index (χ1n) is 12.1. The Morgan fingerprint density at radius 3 is 2.65 bits per heavy atom. The number of rotatable bonds is 7. The lowest BCUT2D eigenvalue weighted by atomic mass is 10.0. The van der Waals surface area contributed by atoms with Crippen molar-refractivity contribution >= 4 is 23.0 Å². The first-order valence-corrected chi connectivity index (χ1v) is 12.1. The van der Waals surface area contributed by atoms with Crippen LogP contribution in [0.25, 0.3) is 16.9 Å². The van der Waals surface area contributed by atoms with Gasteiger partial charge in [0.2, 0.25) is 5.91 Å². The molecule has 11 heteroatoms. The number of carbonyl (C=O) groups is 2. The van der Waals surface area contributed by atoms with Gasteiger partial charge in [0.25, 0.3) is 5.91 Å². The first kappa shape index (κ1) is 26.0. The Labute approximate surface area is 214 Å². The maximum Gasteiger partial charge on any atom is 0.255 e. The Hall–Kier alpha value is -4.04. The molecule has 0 bridgehead atoms. The summed E-state index contributed by atoms with van der Waals surface area (Å²) < 4.78 is 15.9. The van der Waals surface area contributed by atoms with Gasteiger partial charge in [-0.15, -0.1) is 0 Å². The summed E-state index contributed by atoms with van der Waals surface area (Å²) in [5.41, 5.74) is 1.56. The van der Waals surface area contributed by atoms with E-state index < -0.39 is 17.7 Å². The maximum atomic E-state index is 14.3. The monoisotopic (exact) mass is 507 g/mol. The lowest BCUT2D eigenvalue weighted by molar-refractivity contribution is -0.129. The SMILES string of the molecule is CC(=O)N1CCC(Nc2cc(-c3ccc4cc(C#N)cnn34)ncc2C(=O)NC[C@@H](F)C(C)(C)O)CC1. The molecule has 194 valence electrons. The van der Waals surface area contributed by atoms with Gasteiger partial charge in [0, 0.05) is 32.3 Å². The number of amides is 2. The number of hydrogen-bond acceptors (Lipinski definition) is 7. The Morgan fingerprint density at radius 1 is 1.27 bits per heavy atom. The highest BCUT2D eigenvalue weighted by Gasteiger charge is 2.28. The predicted molar refractivity (Wildman–Crippen MR) is 136 cm³/mol. The maximum absolute atomic E-state index is 14.3. The van der Waals surface area contributed by atoms with Gasteiger partial charge in [0.15, 0.2) is 0 Å². The molecular weight excluding hydrogens is 477 g/mol. The standard InChI is InChI=1S/C26H30FN7O3/c1-16(35)33-8-6-18(7-9-33)32-21-11-22(23-5-4-19-10-17(12-28)13-31-34(19)23)29-14-20(21)25(36)30-15-24(27)26(2,3)37/h4-5,10-11,13-14,18,24,37H,6-9,15H2,1-3H3,(H,29,32)(H,30,36)/t24-/m1/s1.